The maximum Gasteiger partial charge on any atom is 0.251 e. The Kier molecular flexibility index (Phi) is 7.14. The highest BCUT2D eigenvalue weighted by molar-refractivity contribution is 5.94. The lowest BCUT2D eigenvalue weighted by molar-refractivity contribution is 0.0950. The summed E-state index contributed by atoms with van der Waals surface area (Å²) in [6, 6.07) is 10.6. The van der Waals surface area contributed by atoms with Gasteiger partial charge in [-0.1, -0.05) is 6.92 Å². The molecule has 6 heteroatoms. The summed E-state index contributed by atoms with van der Waals surface area (Å²) in [5, 5.41) is 2.88. The molecule has 2 aromatic carbocycles. The van der Waals surface area contributed by atoms with Crippen molar-refractivity contribution in [3.63, 3.8) is 0 Å². The number of carbonyl (C=O) groups excluding carboxylic acids is 1. The van der Waals surface area contributed by atoms with E-state index in [4.69, 9.17) is 18.9 Å². The standard InChI is InChI=1S/C20H25NO5/c1-5-10-26-18-8-6-14(12-19(18)25-4)20(22)21-13-15-11-16(23-2)7-9-17(15)24-3/h6-9,11-12H,5,10,13H2,1-4H3,(H,21,22). The smallest absolute Gasteiger partial charge is 0.251 e. The lowest BCUT2D eigenvalue weighted by atomic mass is 10.1. The summed E-state index contributed by atoms with van der Waals surface area (Å²) >= 11 is 0. The van der Waals surface area contributed by atoms with Crippen LogP contribution in [0.1, 0.15) is 29.3 Å². The van der Waals surface area contributed by atoms with Crippen LogP contribution in [-0.4, -0.2) is 33.8 Å². The molecule has 0 unspecified atom stereocenters. The van der Waals surface area contributed by atoms with Gasteiger partial charge in [0.15, 0.2) is 11.5 Å². The number of rotatable bonds is 9. The van der Waals surface area contributed by atoms with E-state index in [1.807, 2.05) is 25.1 Å². The van der Waals surface area contributed by atoms with E-state index in [2.05, 4.69) is 5.32 Å². The van der Waals surface area contributed by atoms with Gasteiger partial charge in [-0.25, -0.2) is 0 Å². The SMILES string of the molecule is CCCOc1ccc(C(=O)NCc2cc(OC)ccc2OC)cc1OC. The first-order valence-corrected chi connectivity index (χ1v) is 8.42. The van der Waals surface area contributed by atoms with Gasteiger partial charge in [-0.3, -0.25) is 4.79 Å². The number of hydrogen-bond donors (Lipinski definition) is 1. The quantitative estimate of drug-likeness (QED) is 0.743. The molecule has 0 heterocycles. The number of benzene rings is 2. The summed E-state index contributed by atoms with van der Waals surface area (Å²) in [6.45, 7) is 2.94. The van der Waals surface area contributed by atoms with Crippen LogP contribution in [0.5, 0.6) is 23.0 Å². The van der Waals surface area contributed by atoms with Crippen molar-refractivity contribution in [2.45, 2.75) is 19.9 Å². The Morgan fingerprint density at radius 2 is 1.65 bits per heavy atom. The number of methoxy groups -OCH3 is 3. The van der Waals surface area contributed by atoms with Gasteiger partial charge in [-0.2, -0.15) is 0 Å². The van der Waals surface area contributed by atoms with Gasteiger partial charge in [0.1, 0.15) is 11.5 Å². The molecule has 0 aliphatic heterocycles. The van der Waals surface area contributed by atoms with Crippen LogP contribution in [0.25, 0.3) is 0 Å². The van der Waals surface area contributed by atoms with Crippen LogP contribution < -0.4 is 24.3 Å². The van der Waals surface area contributed by atoms with Crippen molar-refractivity contribution in [3.05, 3.63) is 47.5 Å². The highest BCUT2D eigenvalue weighted by Crippen LogP contribution is 2.28. The van der Waals surface area contributed by atoms with Crippen LogP contribution in [0.4, 0.5) is 0 Å². The molecule has 0 aromatic heterocycles. The predicted octanol–water partition coefficient (Wildman–Crippen LogP) is 3.43. The lowest BCUT2D eigenvalue weighted by Crippen LogP contribution is -2.23. The van der Waals surface area contributed by atoms with Gasteiger partial charge in [-0.05, 0) is 42.8 Å². The predicted molar refractivity (Wildman–Crippen MR) is 99.5 cm³/mol. The third-order valence-electron chi connectivity index (χ3n) is 3.81. The average Bonchev–Trinajstić information content (AvgIpc) is 2.69. The number of amides is 1. The molecule has 0 atom stereocenters. The maximum absolute atomic E-state index is 12.5. The number of carbonyl (C=O) groups is 1. The van der Waals surface area contributed by atoms with Crippen LogP contribution in [0, 0.1) is 0 Å². The first-order valence-electron chi connectivity index (χ1n) is 8.42. The summed E-state index contributed by atoms with van der Waals surface area (Å²) in [5.74, 6) is 2.33. The van der Waals surface area contributed by atoms with Crippen molar-refractivity contribution in [3.8, 4) is 23.0 Å². The molecule has 2 aromatic rings. The average molecular weight is 359 g/mol. The number of hydrogen-bond acceptors (Lipinski definition) is 5. The second kappa shape index (κ2) is 9.56. The lowest BCUT2D eigenvalue weighted by Gasteiger charge is -2.13. The molecule has 0 saturated carbocycles. The zero-order valence-electron chi connectivity index (χ0n) is 15.6. The molecule has 1 N–H and O–H groups in total. The summed E-state index contributed by atoms with van der Waals surface area (Å²) in [5.41, 5.74) is 1.32. The molecule has 0 fully saturated rings. The molecule has 2 rings (SSSR count). The van der Waals surface area contributed by atoms with Crippen LogP contribution in [0.15, 0.2) is 36.4 Å². The van der Waals surface area contributed by atoms with Crippen LogP contribution >= 0.6 is 0 Å². The Labute approximate surface area is 154 Å². The fraction of sp³-hybridized carbons (Fsp3) is 0.350. The summed E-state index contributed by atoms with van der Waals surface area (Å²) < 4.78 is 21.5. The van der Waals surface area contributed by atoms with Crippen molar-refractivity contribution in [2.24, 2.45) is 0 Å². The molecule has 0 bridgehead atoms. The Morgan fingerprint density at radius 1 is 0.923 bits per heavy atom. The van der Waals surface area contributed by atoms with Crippen molar-refractivity contribution < 1.29 is 23.7 Å². The van der Waals surface area contributed by atoms with Crippen molar-refractivity contribution in [1.29, 1.82) is 0 Å². The number of ether oxygens (including phenoxy) is 4. The van der Waals surface area contributed by atoms with E-state index in [1.165, 1.54) is 0 Å². The molecule has 140 valence electrons. The first-order chi connectivity index (χ1) is 12.6. The van der Waals surface area contributed by atoms with E-state index in [1.54, 1.807) is 39.5 Å². The second-order valence-electron chi connectivity index (χ2n) is 5.57. The summed E-state index contributed by atoms with van der Waals surface area (Å²) in [7, 11) is 4.74. The molecule has 0 radical (unpaired) electrons. The molecule has 1 amide bonds. The van der Waals surface area contributed by atoms with Gasteiger partial charge in [0.2, 0.25) is 0 Å². The highest BCUT2D eigenvalue weighted by Gasteiger charge is 2.12. The number of nitrogens with one attached hydrogen (secondary N) is 1. The van der Waals surface area contributed by atoms with Crippen molar-refractivity contribution >= 4 is 5.91 Å². The van der Waals surface area contributed by atoms with Crippen LogP contribution in [-0.2, 0) is 6.54 Å². The molecule has 0 aliphatic carbocycles. The van der Waals surface area contributed by atoms with E-state index in [0.29, 0.717) is 41.7 Å². The van der Waals surface area contributed by atoms with Crippen molar-refractivity contribution in [2.75, 3.05) is 27.9 Å². The van der Waals surface area contributed by atoms with Gasteiger partial charge in [0, 0.05) is 17.7 Å². The zero-order chi connectivity index (χ0) is 18.9. The second-order valence-corrected chi connectivity index (χ2v) is 5.57. The van der Waals surface area contributed by atoms with Crippen molar-refractivity contribution in [1.82, 2.24) is 5.32 Å². The molecular formula is C20H25NO5. The molecule has 0 spiro atoms. The monoisotopic (exact) mass is 359 g/mol. The van der Waals surface area contributed by atoms with E-state index in [9.17, 15) is 4.79 Å². The first kappa shape index (κ1) is 19.4. The fourth-order valence-corrected chi connectivity index (χ4v) is 2.44. The van der Waals surface area contributed by atoms with Gasteiger partial charge >= 0.3 is 0 Å². The minimum Gasteiger partial charge on any atom is -0.497 e. The molecule has 6 nitrogen and oxygen atoms in total. The zero-order valence-corrected chi connectivity index (χ0v) is 15.6. The Balaban J connectivity index is 2.10. The Bertz CT molecular complexity index is 745. The Morgan fingerprint density at radius 3 is 2.31 bits per heavy atom. The molecular weight excluding hydrogens is 334 g/mol. The third-order valence-corrected chi connectivity index (χ3v) is 3.81. The van der Waals surface area contributed by atoms with Gasteiger partial charge in [0.05, 0.1) is 27.9 Å². The Hall–Kier alpha value is -2.89. The van der Waals surface area contributed by atoms with E-state index >= 15 is 0 Å². The van der Waals surface area contributed by atoms with E-state index < -0.39 is 0 Å². The van der Waals surface area contributed by atoms with Gasteiger partial charge in [-0.15, -0.1) is 0 Å². The van der Waals surface area contributed by atoms with Gasteiger partial charge in [0.25, 0.3) is 5.91 Å². The molecule has 26 heavy (non-hydrogen) atoms. The van der Waals surface area contributed by atoms with Gasteiger partial charge < -0.3 is 24.3 Å². The molecule has 0 saturated heterocycles. The van der Waals surface area contributed by atoms with E-state index in [0.717, 1.165) is 12.0 Å². The van der Waals surface area contributed by atoms with Crippen LogP contribution in [0.2, 0.25) is 0 Å². The minimum atomic E-state index is -0.213. The minimum absolute atomic E-state index is 0.213. The normalized spacial score (nSPS) is 10.2. The largest absolute Gasteiger partial charge is 0.497 e. The summed E-state index contributed by atoms with van der Waals surface area (Å²) in [6.07, 6.45) is 0.897. The third kappa shape index (κ3) is 4.81. The highest BCUT2D eigenvalue weighted by atomic mass is 16.5. The van der Waals surface area contributed by atoms with E-state index in [-0.39, 0.29) is 5.91 Å². The maximum atomic E-state index is 12.5. The van der Waals surface area contributed by atoms with Crippen LogP contribution in [0.3, 0.4) is 0 Å². The molecule has 0 aliphatic rings. The topological polar surface area (TPSA) is 66.0 Å². The fourth-order valence-electron chi connectivity index (χ4n) is 2.44. The summed E-state index contributed by atoms with van der Waals surface area (Å²) in [4.78, 5) is 12.5.